The van der Waals surface area contributed by atoms with Crippen LogP contribution in [0.5, 0.6) is 11.5 Å². The van der Waals surface area contributed by atoms with E-state index in [1.54, 1.807) is 18.2 Å². The fourth-order valence-electron chi connectivity index (χ4n) is 2.02. The zero-order valence-corrected chi connectivity index (χ0v) is 15.1. The normalized spacial score (nSPS) is 11.4. The zero-order valence-electron chi connectivity index (χ0n) is 12.8. The number of aliphatic hydroxyl groups excluding tert-OH is 1. The van der Waals surface area contributed by atoms with Crippen LogP contribution in [-0.2, 0) is 6.42 Å². The van der Waals surface area contributed by atoms with Crippen LogP contribution in [0.15, 0.2) is 35.1 Å². The number of aromatic nitrogens is 1. The minimum absolute atomic E-state index is 0.0863. The number of aliphatic hydroxyl groups is 1. The van der Waals surface area contributed by atoms with Gasteiger partial charge in [0.05, 0.1) is 24.0 Å². The lowest BCUT2D eigenvalue weighted by Gasteiger charge is -2.10. The smallest absolute Gasteiger partial charge is 0.147 e. The van der Waals surface area contributed by atoms with Gasteiger partial charge in [0.15, 0.2) is 0 Å². The van der Waals surface area contributed by atoms with Gasteiger partial charge in [-0.15, -0.1) is 23.2 Å². The molecule has 2 aromatic rings. The number of alkyl halides is 2. The Morgan fingerprint density at radius 2 is 2.12 bits per heavy atom. The highest BCUT2D eigenvalue weighted by molar-refractivity contribution is 6.45. The Kier molecular flexibility index (Phi) is 7.24. The predicted molar refractivity (Wildman–Crippen MR) is 94.2 cm³/mol. The molecule has 1 N–H and O–H groups in total. The van der Waals surface area contributed by atoms with Crippen molar-refractivity contribution >= 4 is 34.8 Å². The third-order valence-electron chi connectivity index (χ3n) is 3.07. The summed E-state index contributed by atoms with van der Waals surface area (Å²) in [5, 5.41) is 13.3. The number of hydrogen-bond acceptors (Lipinski definition) is 5. The monoisotopic (exact) mass is 391 g/mol. The van der Waals surface area contributed by atoms with Crippen LogP contribution in [-0.4, -0.2) is 28.8 Å². The van der Waals surface area contributed by atoms with Gasteiger partial charge in [-0.25, -0.2) is 0 Å². The van der Waals surface area contributed by atoms with Gasteiger partial charge in [-0.2, -0.15) is 0 Å². The van der Waals surface area contributed by atoms with Crippen molar-refractivity contribution in [3.8, 4) is 22.8 Å². The van der Waals surface area contributed by atoms with Crippen LogP contribution < -0.4 is 9.47 Å². The van der Waals surface area contributed by atoms with E-state index in [0.29, 0.717) is 46.4 Å². The van der Waals surface area contributed by atoms with Crippen LogP contribution >= 0.6 is 34.8 Å². The zero-order chi connectivity index (χ0) is 17.5. The van der Waals surface area contributed by atoms with Gasteiger partial charge in [0.2, 0.25) is 0 Å². The summed E-state index contributed by atoms with van der Waals surface area (Å²) in [7, 11) is 1.52. The number of benzene rings is 1. The molecule has 0 bridgehead atoms. The molecule has 0 fully saturated rings. The van der Waals surface area contributed by atoms with Crippen molar-refractivity contribution in [3.63, 3.8) is 0 Å². The molecule has 1 heterocycles. The SMILES string of the molecule is COc1c(Cl)cc(OC=CC(Cl)Cl)cc1-c1cc(CCCO)on1. The standard InChI is InChI=1S/C16H16Cl3NO4/c1-22-16-12(14-9-10(24-20-14)3-2-5-21)7-11(8-13(16)17)23-6-4-15(18)19/h4,6-9,15,21H,2-3,5H2,1H3. The van der Waals surface area contributed by atoms with Crippen molar-refractivity contribution in [1.29, 1.82) is 0 Å². The molecular formula is C16H16Cl3NO4. The van der Waals surface area contributed by atoms with E-state index in [0.717, 1.165) is 0 Å². The van der Waals surface area contributed by atoms with E-state index in [1.807, 2.05) is 0 Å². The Hall–Kier alpha value is -1.40. The summed E-state index contributed by atoms with van der Waals surface area (Å²) in [6.45, 7) is 0.0863. The highest BCUT2D eigenvalue weighted by Crippen LogP contribution is 2.39. The molecule has 0 saturated carbocycles. The summed E-state index contributed by atoms with van der Waals surface area (Å²) < 4.78 is 16.1. The minimum atomic E-state index is -0.664. The summed E-state index contributed by atoms with van der Waals surface area (Å²) in [4.78, 5) is -0.664. The van der Waals surface area contributed by atoms with Gasteiger partial charge in [-0.05, 0) is 18.6 Å². The third-order valence-corrected chi connectivity index (χ3v) is 3.64. The fraction of sp³-hybridized carbons (Fsp3) is 0.312. The van der Waals surface area contributed by atoms with Crippen molar-refractivity contribution in [2.75, 3.05) is 13.7 Å². The second kappa shape index (κ2) is 9.18. The quantitative estimate of drug-likeness (QED) is 0.524. The molecule has 0 amide bonds. The fourth-order valence-corrected chi connectivity index (χ4v) is 2.43. The van der Waals surface area contributed by atoms with Crippen molar-refractivity contribution in [2.45, 2.75) is 17.7 Å². The van der Waals surface area contributed by atoms with Gasteiger partial charge in [0.1, 0.15) is 27.8 Å². The maximum absolute atomic E-state index is 8.89. The number of rotatable bonds is 8. The van der Waals surface area contributed by atoms with Crippen molar-refractivity contribution < 1.29 is 19.1 Å². The highest BCUT2D eigenvalue weighted by atomic mass is 35.5. The molecular weight excluding hydrogens is 377 g/mol. The minimum Gasteiger partial charge on any atom is -0.494 e. The first-order chi connectivity index (χ1) is 11.5. The Morgan fingerprint density at radius 1 is 1.33 bits per heavy atom. The second-order valence-corrected chi connectivity index (χ2v) is 6.34. The van der Waals surface area contributed by atoms with Crippen LogP contribution in [0.3, 0.4) is 0 Å². The summed E-state index contributed by atoms with van der Waals surface area (Å²) in [6, 6.07) is 5.11. The molecule has 24 heavy (non-hydrogen) atoms. The molecule has 0 spiro atoms. The Balaban J connectivity index is 2.32. The van der Waals surface area contributed by atoms with Crippen molar-refractivity contribution in [3.05, 3.63) is 41.3 Å². The number of aryl methyl sites for hydroxylation is 1. The molecule has 8 heteroatoms. The van der Waals surface area contributed by atoms with Crippen LogP contribution in [0.1, 0.15) is 12.2 Å². The maximum atomic E-state index is 8.89. The van der Waals surface area contributed by atoms with Crippen molar-refractivity contribution in [1.82, 2.24) is 5.16 Å². The second-order valence-electron chi connectivity index (χ2n) is 4.77. The molecule has 0 radical (unpaired) electrons. The third kappa shape index (κ3) is 5.05. The summed E-state index contributed by atoms with van der Waals surface area (Å²) in [5.74, 6) is 1.60. The first-order valence-corrected chi connectivity index (χ1v) is 8.36. The number of allylic oxidation sites excluding steroid dienone is 1. The molecule has 0 unspecified atom stereocenters. The lowest BCUT2D eigenvalue weighted by molar-refractivity contribution is 0.280. The molecule has 130 valence electrons. The average molecular weight is 393 g/mol. The van der Waals surface area contributed by atoms with E-state index in [-0.39, 0.29) is 6.61 Å². The van der Waals surface area contributed by atoms with Gasteiger partial charge in [0, 0.05) is 25.2 Å². The molecule has 0 atom stereocenters. The lowest BCUT2D eigenvalue weighted by atomic mass is 10.1. The van der Waals surface area contributed by atoms with E-state index in [2.05, 4.69) is 5.16 Å². The largest absolute Gasteiger partial charge is 0.494 e. The molecule has 0 aliphatic heterocycles. The van der Waals surface area contributed by atoms with Gasteiger partial charge >= 0.3 is 0 Å². The number of hydrogen-bond donors (Lipinski definition) is 1. The van der Waals surface area contributed by atoms with Crippen molar-refractivity contribution in [2.24, 2.45) is 0 Å². The van der Waals surface area contributed by atoms with Crippen LogP contribution in [0, 0.1) is 0 Å². The van der Waals surface area contributed by atoms with E-state index in [1.165, 1.54) is 19.4 Å². The Labute approximate surface area is 154 Å². The molecule has 0 saturated heterocycles. The van der Waals surface area contributed by atoms with Gasteiger partial charge in [-0.1, -0.05) is 16.8 Å². The Morgan fingerprint density at radius 3 is 2.79 bits per heavy atom. The van der Waals surface area contributed by atoms with Crippen LogP contribution in [0.2, 0.25) is 5.02 Å². The predicted octanol–water partition coefficient (Wildman–Crippen LogP) is 4.62. The first-order valence-electron chi connectivity index (χ1n) is 7.11. The molecule has 5 nitrogen and oxygen atoms in total. The molecule has 1 aromatic carbocycles. The van der Waals surface area contributed by atoms with Gasteiger partial charge < -0.3 is 19.1 Å². The van der Waals surface area contributed by atoms with E-state index >= 15 is 0 Å². The van der Waals surface area contributed by atoms with E-state index in [9.17, 15) is 0 Å². The van der Waals surface area contributed by atoms with Gasteiger partial charge in [-0.3, -0.25) is 0 Å². The Bertz CT molecular complexity index is 701. The van der Waals surface area contributed by atoms with Crippen LogP contribution in [0.25, 0.3) is 11.3 Å². The molecule has 2 rings (SSSR count). The first kappa shape index (κ1) is 18.9. The van der Waals surface area contributed by atoms with E-state index in [4.69, 9.17) is 53.9 Å². The van der Waals surface area contributed by atoms with E-state index < -0.39 is 4.84 Å². The average Bonchev–Trinajstić information content (AvgIpc) is 3.00. The molecule has 1 aromatic heterocycles. The highest BCUT2D eigenvalue weighted by Gasteiger charge is 2.16. The lowest BCUT2D eigenvalue weighted by Crippen LogP contribution is -1.92. The topological polar surface area (TPSA) is 64.7 Å². The number of methoxy groups -OCH3 is 1. The summed E-state index contributed by atoms with van der Waals surface area (Å²) in [5.41, 5.74) is 1.18. The molecule has 0 aliphatic rings. The number of nitrogens with zero attached hydrogens (tertiary/aromatic N) is 1. The molecule has 0 aliphatic carbocycles. The number of halogens is 3. The summed E-state index contributed by atoms with van der Waals surface area (Å²) >= 11 is 17.5. The van der Waals surface area contributed by atoms with Gasteiger partial charge in [0.25, 0.3) is 0 Å². The summed E-state index contributed by atoms with van der Waals surface area (Å²) in [6.07, 6.45) is 4.04. The number of ether oxygens (including phenoxy) is 2. The maximum Gasteiger partial charge on any atom is 0.147 e. The van der Waals surface area contributed by atoms with Crippen LogP contribution in [0.4, 0.5) is 0 Å².